The summed E-state index contributed by atoms with van der Waals surface area (Å²) in [5, 5.41) is 11.6. The third-order valence-electron chi connectivity index (χ3n) is 2.51. The Morgan fingerprint density at radius 3 is 2.60 bits per heavy atom. The number of aromatic nitrogens is 5. The van der Waals surface area contributed by atoms with Gasteiger partial charge in [0.15, 0.2) is 0 Å². The van der Waals surface area contributed by atoms with Crippen LogP contribution >= 0.6 is 0 Å². The van der Waals surface area contributed by atoms with E-state index in [1.54, 1.807) is 24.3 Å². The zero-order valence-corrected chi connectivity index (χ0v) is 10.5. The van der Waals surface area contributed by atoms with Gasteiger partial charge in [0.1, 0.15) is 11.4 Å². The van der Waals surface area contributed by atoms with Crippen LogP contribution < -0.4 is 10.5 Å². The molecular weight excluding hydrogens is 260 g/mol. The first-order chi connectivity index (χ1) is 9.76. The van der Waals surface area contributed by atoms with Gasteiger partial charge < -0.3 is 15.0 Å². The second kappa shape index (κ2) is 4.92. The second-order valence-corrected chi connectivity index (χ2v) is 3.86. The summed E-state index contributed by atoms with van der Waals surface area (Å²) in [7, 11) is 1.52. The number of rotatable bonds is 3. The number of hydrogen-bond acceptors (Lipinski definition) is 8. The average Bonchev–Trinajstić information content (AvgIpc) is 2.98. The summed E-state index contributed by atoms with van der Waals surface area (Å²) >= 11 is 0. The van der Waals surface area contributed by atoms with Gasteiger partial charge >= 0.3 is 0 Å². The molecule has 3 heterocycles. The Balaban J connectivity index is 1.91. The Bertz CT molecular complexity index is 708. The summed E-state index contributed by atoms with van der Waals surface area (Å²) < 4.78 is 10.1. The molecule has 0 radical (unpaired) electrons. The first-order valence-electron chi connectivity index (χ1n) is 5.70. The summed E-state index contributed by atoms with van der Waals surface area (Å²) in [6.45, 7) is 0. The van der Waals surface area contributed by atoms with Crippen molar-refractivity contribution in [1.82, 2.24) is 25.3 Å². The summed E-state index contributed by atoms with van der Waals surface area (Å²) in [5.74, 6) is 1.03. The molecule has 0 atom stereocenters. The normalized spacial score (nSPS) is 10.4. The Kier molecular flexibility index (Phi) is 2.96. The van der Waals surface area contributed by atoms with Gasteiger partial charge in [-0.05, 0) is 18.2 Å². The van der Waals surface area contributed by atoms with E-state index >= 15 is 0 Å². The maximum absolute atomic E-state index is 5.57. The van der Waals surface area contributed by atoms with E-state index in [0.29, 0.717) is 28.8 Å². The van der Waals surface area contributed by atoms with Gasteiger partial charge in [-0.3, -0.25) is 0 Å². The first-order valence-corrected chi connectivity index (χ1v) is 5.70. The quantitative estimate of drug-likeness (QED) is 0.754. The standard InChI is InChI=1S/C12H10N6O2/c1-19-10-5-4-8(16-17-10)11-15-12(20-18-11)9-3-2-7(13)6-14-9/h2-6H,13H2,1H3. The van der Waals surface area contributed by atoms with Crippen molar-refractivity contribution in [1.29, 1.82) is 0 Å². The molecule has 0 fully saturated rings. The van der Waals surface area contributed by atoms with Gasteiger partial charge in [0.05, 0.1) is 19.0 Å². The molecule has 20 heavy (non-hydrogen) atoms. The topological polar surface area (TPSA) is 113 Å². The Hall–Kier alpha value is -3.03. The third-order valence-corrected chi connectivity index (χ3v) is 2.51. The fourth-order valence-electron chi connectivity index (χ4n) is 1.51. The van der Waals surface area contributed by atoms with Crippen LogP contribution in [0.25, 0.3) is 23.1 Å². The minimum Gasteiger partial charge on any atom is -0.480 e. The third kappa shape index (κ3) is 2.26. The van der Waals surface area contributed by atoms with Crippen LogP contribution in [0.4, 0.5) is 5.69 Å². The van der Waals surface area contributed by atoms with Crippen molar-refractivity contribution in [3.05, 3.63) is 30.5 Å². The molecule has 3 aromatic rings. The summed E-state index contributed by atoms with van der Waals surface area (Å²) in [6, 6.07) is 6.77. The minimum atomic E-state index is 0.289. The number of pyridine rings is 1. The average molecular weight is 270 g/mol. The van der Waals surface area contributed by atoms with Gasteiger partial charge in [-0.2, -0.15) is 4.98 Å². The van der Waals surface area contributed by atoms with Crippen molar-refractivity contribution in [3.63, 3.8) is 0 Å². The van der Waals surface area contributed by atoms with Crippen molar-refractivity contribution < 1.29 is 9.26 Å². The van der Waals surface area contributed by atoms with Crippen LogP contribution in [-0.2, 0) is 0 Å². The van der Waals surface area contributed by atoms with Crippen molar-refractivity contribution in [2.24, 2.45) is 0 Å². The van der Waals surface area contributed by atoms with Crippen LogP contribution in [0.5, 0.6) is 5.88 Å². The number of hydrogen-bond donors (Lipinski definition) is 1. The van der Waals surface area contributed by atoms with Crippen LogP contribution in [0, 0.1) is 0 Å². The lowest BCUT2D eigenvalue weighted by Gasteiger charge is -1.96. The highest BCUT2D eigenvalue weighted by Crippen LogP contribution is 2.20. The molecular formula is C12H10N6O2. The number of nitrogens with zero attached hydrogens (tertiary/aromatic N) is 5. The number of anilines is 1. The van der Waals surface area contributed by atoms with Crippen molar-refractivity contribution in [3.8, 4) is 29.0 Å². The fourth-order valence-corrected chi connectivity index (χ4v) is 1.51. The second-order valence-electron chi connectivity index (χ2n) is 3.86. The van der Waals surface area contributed by atoms with Gasteiger partial charge in [-0.1, -0.05) is 5.16 Å². The Labute approximate surface area is 113 Å². The number of nitrogens with two attached hydrogens (primary N) is 1. The molecule has 0 unspecified atom stereocenters. The predicted octanol–water partition coefficient (Wildman–Crippen LogP) is 1.18. The van der Waals surface area contributed by atoms with E-state index in [4.69, 9.17) is 15.0 Å². The van der Waals surface area contributed by atoms with E-state index in [2.05, 4.69) is 25.3 Å². The van der Waals surface area contributed by atoms with Gasteiger partial charge in [-0.25, -0.2) is 4.98 Å². The molecule has 3 rings (SSSR count). The largest absolute Gasteiger partial charge is 0.480 e. The van der Waals surface area contributed by atoms with Crippen molar-refractivity contribution >= 4 is 5.69 Å². The fraction of sp³-hybridized carbons (Fsp3) is 0.0833. The zero-order valence-electron chi connectivity index (χ0n) is 10.5. The van der Waals surface area contributed by atoms with E-state index in [1.165, 1.54) is 13.3 Å². The maximum atomic E-state index is 5.57. The molecule has 8 nitrogen and oxygen atoms in total. The molecule has 0 aliphatic heterocycles. The van der Waals surface area contributed by atoms with E-state index < -0.39 is 0 Å². The van der Waals surface area contributed by atoms with Gasteiger partial charge in [0.2, 0.25) is 11.7 Å². The molecule has 0 bridgehead atoms. The summed E-state index contributed by atoms with van der Waals surface area (Å²) in [5.41, 5.74) is 7.16. The molecule has 0 saturated carbocycles. The SMILES string of the molecule is COc1ccc(-c2noc(-c3ccc(N)cn3)n2)nn1. The lowest BCUT2D eigenvalue weighted by molar-refractivity contribution is 0.392. The van der Waals surface area contributed by atoms with Gasteiger partial charge in [-0.15, -0.1) is 10.2 Å². The van der Waals surface area contributed by atoms with Crippen molar-refractivity contribution in [2.45, 2.75) is 0 Å². The van der Waals surface area contributed by atoms with E-state index in [9.17, 15) is 0 Å². The highest BCUT2D eigenvalue weighted by molar-refractivity contribution is 5.55. The lowest BCUT2D eigenvalue weighted by Crippen LogP contribution is -1.93. The maximum Gasteiger partial charge on any atom is 0.276 e. The summed E-state index contributed by atoms with van der Waals surface area (Å²) in [6.07, 6.45) is 1.52. The van der Waals surface area contributed by atoms with Crippen LogP contribution in [0.2, 0.25) is 0 Å². The molecule has 0 saturated heterocycles. The molecule has 0 aromatic carbocycles. The highest BCUT2D eigenvalue weighted by atomic mass is 16.5. The zero-order chi connectivity index (χ0) is 13.9. The smallest absolute Gasteiger partial charge is 0.276 e. The molecule has 2 N–H and O–H groups in total. The van der Waals surface area contributed by atoms with Gasteiger partial charge in [0, 0.05) is 6.07 Å². The van der Waals surface area contributed by atoms with Crippen molar-refractivity contribution in [2.75, 3.05) is 12.8 Å². The molecule has 0 spiro atoms. The molecule has 3 aromatic heterocycles. The number of methoxy groups -OCH3 is 1. The minimum absolute atomic E-state index is 0.289. The molecule has 0 amide bonds. The Morgan fingerprint density at radius 2 is 1.95 bits per heavy atom. The monoisotopic (exact) mass is 270 g/mol. The van der Waals surface area contributed by atoms with E-state index in [0.717, 1.165) is 0 Å². The first kappa shape index (κ1) is 12.0. The summed E-state index contributed by atoms with van der Waals surface area (Å²) in [4.78, 5) is 8.32. The van der Waals surface area contributed by atoms with Crippen LogP contribution in [-0.4, -0.2) is 32.4 Å². The Morgan fingerprint density at radius 1 is 1.10 bits per heavy atom. The van der Waals surface area contributed by atoms with E-state index in [1.807, 2.05) is 0 Å². The van der Waals surface area contributed by atoms with Gasteiger partial charge in [0.25, 0.3) is 5.89 Å². The molecule has 0 aliphatic carbocycles. The molecule has 0 aliphatic rings. The lowest BCUT2D eigenvalue weighted by atomic mass is 10.3. The molecule has 8 heteroatoms. The highest BCUT2D eigenvalue weighted by Gasteiger charge is 2.13. The van der Waals surface area contributed by atoms with Crippen LogP contribution in [0.1, 0.15) is 0 Å². The number of nitrogen functional groups attached to an aromatic ring is 1. The van der Waals surface area contributed by atoms with Crippen LogP contribution in [0.15, 0.2) is 35.0 Å². The van der Waals surface area contributed by atoms with Crippen LogP contribution in [0.3, 0.4) is 0 Å². The molecule has 100 valence electrons. The predicted molar refractivity (Wildman–Crippen MR) is 69.5 cm³/mol. The van der Waals surface area contributed by atoms with E-state index in [-0.39, 0.29) is 5.89 Å². The number of ether oxygens (including phenoxy) is 1.